The first-order valence-corrected chi connectivity index (χ1v) is 5.46. The van der Waals surface area contributed by atoms with Crippen LogP contribution in [0.1, 0.15) is 39.5 Å². The van der Waals surface area contributed by atoms with E-state index in [9.17, 15) is 4.79 Å². The van der Waals surface area contributed by atoms with Gasteiger partial charge in [0, 0.05) is 13.5 Å². The predicted molar refractivity (Wildman–Crippen MR) is 63.1 cm³/mol. The molecule has 0 aromatic carbocycles. The summed E-state index contributed by atoms with van der Waals surface area (Å²) in [5.41, 5.74) is 0. The quantitative estimate of drug-likeness (QED) is 0.436. The van der Waals surface area contributed by atoms with Crippen molar-refractivity contribution in [3.05, 3.63) is 0 Å². The number of carbonyl (C=O) groups excluding carboxylic acids is 1. The van der Waals surface area contributed by atoms with Crippen LogP contribution in [0.2, 0.25) is 0 Å². The first-order chi connectivity index (χ1) is 6.09. The second-order valence-corrected chi connectivity index (χ2v) is 4.13. The lowest BCUT2D eigenvalue weighted by molar-refractivity contribution is -0.124. The zero-order valence-electron chi connectivity index (χ0n) is 8.25. The molecule has 0 heterocycles. The van der Waals surface area contributed by atoms with Gasteiger partial charge >= 0.3 is 0 Å². The van der Waals surface area contributed by atoms with Crippen molar-refractivity contribution in [3.8, 4) is 0 Å². The SMILES string of the molecule is CCCCCCN(C(C)=O)C(=S)S. The maximum Gasteiger partial charge on any atom is 0.224 e. The molecule has 0 atom stereocenters. The van der Waals surface area contributed by atoms with Crippen molar-refractivity contribution in [1.82, 2.24) is 4.90 Å². The summed E-state index contributed by atoms with van der Waals surface area (Å²) in [7, 11) is 0. The summed E-state index contributed by atoms with van der Waals surface area (Å²) in [6.45, 7) is 4.38. The van der Waals surface area contributed by atoms with Crippen molar-refractivity contribution >= 4 is 35.1 Å². The van der Waals surface area contributed by atoms with E-state index in [0.717, 1.165) is 12.8 Å². The highest BCUT2D eigenvalue weighted by Gasteiger charge is 2.09. The standard InChI is InChI=1S/C9H17NOS2/c1-3-4-5-6-7-10(8(2)11)9(12)13/h3-7H2,1-2H3,(H,12,13). The molecule has 0 aliphatic carbocycles. The predicted octanol–water partition coefficient (Wildman–Crippen LogP) is 2.63. The molecule has 0 N–H and O–H groups in total. The van der Waals surface area contributed by atoms with Crippen LogP contribution in [0.4, 0.5) is 0 Å². The van der Waals surface area contributed by atoms with Crippen LogP contribution in [0.5, 0.6) is 0 Å². The molecule has 0 aromatic heterocycles. The highest BCUT2D eigenvalue weighted by atomic mass is 32.1. The summed E-state index contributed by atoms with van der Waals surface area (Å²) in [4.78, 5) is 12.6. The molecule has 0 fully saturated rings. The van der Waals surface area contributed by atoms with Crippen LogP contribution in [0, 0.1) is 0 Å². The maximum absolute atomic E-state index is 11.0. The van der Waals surface area contributed by atoms with Gasteiger partial charge in [0.2, 0.25) is 5.91 Å². The van der Waals surface area contributed by atoms with Crippen LogP contribution < -0.4 is 0 Å². The molecule has 2 nitrogen and oxygen atoms in total. The lowest BCUT2D eigenvalue weighted by atomic mass is 10.2. The molecule has 0 saturated heterocycles. The third-order valence-corrected chi connectivity index (χ3v) is 2.31. The highest BCUT2D eigenvalue weighted by molar-refractivity contribution is 8.11. The Bertz CT molecular complexity index is 168. The van der Waals surface area contributed by atoms with Crippen LogP contribution >= 0.6 is 24.8 Å². The third kappa shape index (κ3) is 6.05. The molecule has 0 aromatic rings. The molecular formula is C9H17NOS2. The van der Waals surface area contributed by atoms with Gasteiger partial charge in [-0.2, -0.15) is 0 Å². The van der Waals surface area contributed by atoms with Crippen molar-refractivity contribution in [2.24, 2.45) is 0 Å². The molecule has 0 spiro atoms. The van der Waals surface area contributed by atoms with Gasteiger partial charge in [-0.05, 0) is 6.42 Å². The van der Waals surface area contributed by atoms with Crippen molar-refractivity contribution < 1.29 is 4.79 Å². The van der Waals surface area contributed by atoms with Crippen molar-refractivity contribution in [1.29, 1.82) is 0 Å². The van der Waals surface area contributed by atoms with E-state index in [1.165, 1.54) is 24.7 Å². The largest absolute Gasteiger partial charge is 0.298 e. The van der Waals surface area contributed by atoms with Gasteiger partial charge in [0.25, 0.3) is 0 Å². The minimum absolute atomic E-state index is 0.0171. The average molecular weight is 219 g/mol. The number of rotatable bonds is 5. The number of thiol groups is 1. The van der Waals surface area contributed by atoms with Gasteiger partial charge in [-0.25, -0.2) is 0 Å². The van der Waals surface area contributed by atoms with Gasteiger partial charge < -0.3 is 0 Å². The van der Waals surface area contributed by atoms with Crippen LogP contribution in [-0.4, -0.2) is 21.7 Å². The Balaban J connectivity index is 3.71. The van der Waals surface area contributed by atoms with Gasteiger partial charge in [-0.1, -0.05) is 38.4 Å². The van der Waals surface area contributed by atoms with Gasteiger partial charge in [-0.15, -0.1) is 12.6 Å². The molecule has 0 unspecified atom stereocenters. The first kappa shape index (κ1) is 12.9. The van der Waals surface area contributed by atoms with Crippen LogP contribution in [0.15, 0.2) is 0 Å². The molecule has 0 radical (unpaired) electrons. The maximum atomic E-state index is 11.0. The molecule has 0 rings (SSSR count). The van der Waals surface area contributed by atoms with E-state index >= 15 is 0 Å². The minimum Gasteiger partial charge on any atom is -0.298 e. The molecule has 0 bridgehead atoms. The molecule has 4 heteroatoms. The number of amides is 1. The second kappa shape index (κ2) is 7.33. The lowest BCUT2D eigenvalue weighted by Crippen LogP contribution is -2.31. The fourth-order valence-corrected chi connectivity index (χ4v) is 1.55. The first-order valence-electron chi connectivity index (χ1n) is 4.60. The zero-order valence-corrected chi connectivity index (χ0v) is 9.96. The fourth-order valence-electron chi connectivity index (χ4n) is 1.08. The fraction of sp³-hybridized carbons (Fsp3) is 0.778. The van der Waals surface area contributed by atoms with E-state index in [-0.39, 0.29) is 5.91 Å². The Morgan fingerprint density at radius 1 is 1.38 bits per heavy atom. The smallest absolute Gasteiger partial charge is 0.224 e. The van der Waals surface area contributed by atoms with Crippen molar-refractivity contribution in [2.45, 2.75) is 39.5 Å². The summed E-state index contributed by atoms with van der Waals surface area (Å²) in [6, 6.07) is 0. The summed E-state index contributed by atoms with van der Waals surface area (Å²) < 4.78 is 0.379. The molecule has 76 valence electrons. The number of unbranched alkanes of at least 4 members (excludes halogenated alkanes) is 3. The Morgan fingerprint density at radius 3 is 2.38 bits per heavy atom. The normalized spacial score (nSPS) is 9.77. The topological polar surface area (TPSA) is 20.3 Å². The number of hydrogen-bond acceptors (Lipinski definition) is 2. The summed E-state index contributed by atoms with van der Waals surface area (Å²) in [5, 5.41) is 0. The van der Waals surface area contributed by atoms with Gasteiger partial charge in [0.1, 0.15) is 4.32 Å². The summed E-state index contributed by atoms with van der Waals surface area (Å²) in [5.74, 6) is -0.0171. The Hall–Kier alpha value is -0.0900. The van der Waals surface area contributed by atoms with Crippen LogP contribution in [-0.2, 0) is 4.79 Å². The Kier molecular flexibility index (Phi) is 7.28. The molecular weight excluding hydrogens is 202 g/mol. The summed E-state index contributed by atoms with van der Waals surface area (Å²) in [6.07, 6.45) is 4.57. The van der Waals surface area contributed by atoms with Crippen molar-refractivity contribution in [2.75, 3.05) is 6.54 Å². The molecule has 13 heavy (non-hydrogen) atoms. The number of nitrogens with zero attached hydrogens (tertiary/aromatic N) is 1. The molecule has 0 saturated carbocycles. The lowest BCUT2D eigenvalue weighted by Gasteiger charge is -2.18. The Morgan fingerprint density at radius 2 is 2.00 bits per heavy atom. The Labute approximate surface area is 91.1 Å². The number of hydrogen-bond donors (Lipinski definition) is 1. The molecule has 0 aliphatic heterocycles. The van der Waals surface area contributed by atoms with Crippen LogP contribution in [0.3, 0.4) is 0 Å². The number of thiocarbonyl (C=S) groups is 1. The van der Waals surface area contributed by atoms with E-state index in [1.807, 2.05) is 0 Å². The minimum atomic E-state index is -0.0171. The van der Waals surface area contributed by atoms with Gasteiger partial charge in [0.05, 0.1) is 0 Å². The number of carbonyl (C=O) groups is 1. The van der Waals surface area contributed by atoms with E-state index in [4.69, 9.17) is 12.2 Å². The molecule has 1 amide bonds. The van der Waals surface area contributed by atoms with E-state index in [1.54, 1.807) is 0 Å². The average Bonchev–Trinajstić information content (AvgIpc) is 2.02. The summed E-state index contributed by atoms with van der Waals surface area (Å²) >= 11 is 8.83. The van der Waals surface area contributed by atoms with Gasteiger partial charge in [-0.3, -0.25) is 9.69 Å². The highest BCUT2D eigenvalue weighted by Crippen LogP contribution is 2.04. The van der Waals surface area contributed by atoms with E-state index in [2.05, 4.69) is 19.6 Å². The van der Waals surface area contributed by atoms with Crippen LogP contribution in [0.25, 0.3) is 0 Å². The monoisotopic (exact) mass is 219 g/mol. The second-order valence-electron chi connectivity index (χ2n) is 3.01. The van der Waals surface area contributed by atoms with Gasteiger partial charge in [0.15, 0.2) is 0 Å². The molecule has 0 aliphatic rings. The van der Waals surface area contributed by atoms with E-state index in [0.29, 0.717) is 10.9 Å². The van der Waals surface area contributed by atoms with E-state index < -0.39 is 0 Å². The van der Waals surface area contributed by atoms with Crippen molar-refractivity contribution in [3.63, 3.8) is 0 Å². The third-order valence-electron chi connectivity index (χ3n) is 1.85. The zero-order chi connectivity index (χ0) is 10.3.